The molecule has 1 atom stereocenters. The Bertz CT molecular complexity index is 622. The summed E-state index contributed by atoms with van der Waals surface area (Å²) >= 11 is 1.45. The molecule has 0 aliphatic carbocycles. The van der Waals surface area contributed by atoms with Crippen LogP contribution >= 0.6 is 11.3 Å². The van der Waals surface area contributed by atoms with Crippen molar-refractivity contribution in [3.05, 3.63) is 22.4 Å². The summed E-state index contributed by atoms with van der Waals surface area (Å²) in [6.45, 7) is 1.82. The van der Waals surface area contributed by atoms with Crippen LogP contribution in [-0.4, -0.2) is 57.6 Å². The fraction of sp³-hybridized carbons (Fsp3) is 0.667. The molecule has 128 valence electrons. The third kappa shape index (κ3) is 4.05. The number of amides is 1. The maximum absolute atomic E-state index is 12.5. The van der Waals surface area contributed by atoms with Crippen molar-refractivity contribution in [1.29, 1.82) is 0 Å². The lowest BCUT2D eigenvalue weighted by Crippen LogP contribution is -2.37. The molecule has 23 heavy (non-hydrogen) atoms. The smallest absolute Gasteiger partial charge is 0.410 e. The van der Waals surface area contributed by atoms with Gasteiger partial charge in [0.1, 0.15) is 6.10 Å². The quantitative estimate of drug-likeness (QED) is 0.810. The van der Waals surface area contributed by atoms with Crippen LogP contribution in [0.2, 0.25) is 0 Å². The molecular weight excluding hydrogens is 338 g/mol. The molecule has 0 aromatic carbocycles. The van der Waals surface area contributed by atoms with E-state index in [1.807, 2.05) is 17.5 Å². The van der Waals surface area contributed by atoms with Crippen LogP contribution in [0.1, 0.15) is 29.4 Å². The number of carbonyl (C=O) groups is 1. The summed E-state index contributed by atoms with van der Waals surface area (Å²) in [5, 5.41) is 1.37. The van der Waals surface area contributed by atoms with Gasteiger partial charge in [0.05, 0.1) is 24.2 Å². The number of nitrogens with zero attached hydrogens (tertiary/aromatic N) is 1. The van der Waals surface area contributed by atoms with Crippen LogP contribution in [-0.2, 0) is 19.3 Å². The van der Waals surface area contributed by atoms with Crippen molar-refractivity contribution >= 4 is 27.3 Å². The van der Waals surface area contributed by atoms with Crippen LogP contribution < -0.4 is 0 Å². The highest BCUT2D eigenvalue weighted by atomic mass is 32.2. The monoisotopic (exact) mass is 359 g/mol. The zero-order chi connectivity index (χ0) is 16.3. The van der Waals surface area contributed by atoms with E-state index in [1.165, 1.54) is 16.2 Å². The summed E-state index contributed by atoms with van der Waals surface area (Å²) < 4.78 is 35.7. The van der Waals surface area contributed by atoms with E-state index in [-0.39, 0.29) is 18.4 Å². The van der Waals surface area contributed by atoms with Gasteiger partial charge in [-0.2, -0.15) is 0 Å². The van der Waals surface area contributed by atoms with Crippen molar-refractivity contribution in [2.75, 3.05) is 32.1 Å². The van der Waals surface area contributed by atoms with Crippen molar-refractivity contribution in [3.63, 3.8) is 0 Å². The SMILES string of the molecule is O=C(OC1CCOCC1)N1CCC(c2cccs2)S(=O)(=O)CC1. The minimum absolute atomic E-state index is 0.0154. The Balaban J connectivity index is 1.64. The van der Waals surface area contributed by atoms with Gasteiger partial charge in [-0.25, -0.2) is 13.2 Å². The molecule has 0 N–H and O–H groups in total. The number of sulfone groups is 1. The molecule has 1 aromatic rings. The minimum Gasteiger partial charge on any atom is -0.446 e. The highest BCUT2D eigenvalue weighted by Gasteiger charge is 2.34. The van der Waals surface area contributed by atoms with Crippen LogP contribution in [0.25, 0.3) is 0 Å². The fourth-order valence-corrected chi connectivity index (χ4v) is 5.94. The summed E-state index contributed by atoms with van der Waals surface area (Å²) in [7, 11) is -3.24. The average molecular weight is 359 g/mol. The second-order valence-electron chi connectivity index (χ2n) is 5.84. The van der Waals surface area contributed by atoms with Gasteiger partial charge in [0.2, 0.25) is 0 Å². The number of rotatable bonds is 2. The highest BCUT2D eigenvalue weighted by molar-refractivity contribution is 7.91. The molecule has 8 heteroatoms. The molecule has 1 amide bonds. The summed E-state index contributed by atoms with van der Waals surface area (Å²) in [6.07, 6.45) is 1.31. The lowest BCUT2D eigenvalue weighted by atomic mass is 10.2. The van der Waals surface area contributed by atoms with Gasteiger partial charge >= 0.3 is 6.09 Å². The summed E-state index contributed by atoms with van der Waals surface area (Å²) in [5.74, 6) is -0.0154. The van der Waals surface area contributed by atoms with E-state index in [2.05, 4.69) is 0 Å². The lowest BCUT2D eigenvalue weighted by molar-refractivity contribution is -0.00961. The second kappa shape index (κ2) is 7.19. The lowest BCUT2D eigenvalue weighted by Gasteiger charge is -2.26. The number of thiophene rings is 1. The second-order valence-corrected chi connectivity index (χ2v) is 9.12. The van der Waals surface area contributed by atoms with E-state index in [4.69, 9.17) is 9.47 Å². The molecule has 3 heterocycles. The van der Waals surface area contributed by atoms with Gasteiger partial charge in [-0.05, 0) is 17.9 Å². The van der Waals surface area contributed by atoms with Crippen molar-refractivity contribution in [2.45, 2.75) is 30.6 Å². The van der Waals surface area contributed by atoms with Gasteiger partial charge in [-0.3, -0.25) is 0 Å². The first-order valence-electron chi connectivity index (χ1n) is 7.84. The van der Waals surface area contributed by atoms with Crippen LogP contribution in [0.4, 0.5) is 4.79 Å². The first-order valence-corrected chi connectivity index (χ1v) is 10.4. The maximum Gasteiger partial charge on any atom is 0.410 e. The number of hydrogen-bond donors (Lipinski definition) is 0. The molecule has 2 fully saturated rings. The molecular formula is C15H21NO5S2. The molecule has 0 radical (unpaired) electrons. The molecule has 1 unspecified atom stereocenters. The Morgan fingerprint density at radius 2 is 2.04 bits per heavy atom. The third-order valence-electron chi connectivity index (χ3n) is 4.29. The Morgan fingerprint density at radius 3 is 2.74 bits per heavy atom. The molecule has 0 saturated carbocycles. The first kappa shape index (κ1) is 16.7. The Labute approximate surface area is 140 Å². The van der Waals surface area contributed by atoms with Crippen molar-refractivity contribution < 1.29 is 22.7 Å². The van der Waals surface area contributed by atoms with Crippen LogP contribution in [0.5, 0.6) is 0 Å². The summed E-state index contributed by atoms with van der Waals surface area (Å²) in [5.41, 5.74) is 0. The topological polar surface area (TPSA) is 72.9 Å². The highest BCUT2D eigenvalue weighted by Crippen LogP contribution is 2.32. The van der Waals surface area contributed by atoms with Crippen molar-refractivity contribution in [1.82, 2.24) is 4.90 Å². The molecule has 1 aromatic heterocycles. The van der Waals surface area contributed by atoms with E-state index in [9.17, 15) is 13.2 Å². The molecule has 3 rings (SSSR count). The van der Waals surface area contributed by atoms with E-state index >= 15 is 0 Å². The van der Waals surface area contributed by atoms with Gasteiger partial charge in [0.15, 0.2) is 9.84 Å². The maximum atomic E-state index is 12.5. The Hall–Kier alpha value is -1.12. The number of ether oxygens (including phenoxy) is 2. The molecule has 2 aliphatic rings. The standard InChI is InChI=1S/C15H21NO5S2/c17-15(21-12-4-8-20-9-5-12)16-6-3-14(13-2-1-10-22-13)23(18,19)11-7-16/h1-2,10,12,14H,3-9,11H2. The van der Waals surface area contributed by atoms with E-state index in [0.717, 1.165) is 4.88 Å². The van der Waals surface area contributed by atoms with Crippen molar-refractivity contribution in [2.24, 2.45) is 0 Å². The minimum atomic E-state index is -3.24. The molecule has 2 saturated heterocycles. The third-order valence-corrected chi connectivity index (χ3v) is 7.54. The fourth-order valence-electron chi connectivity index (χ4n) is 2.93. The van der Waals surface area contributed by atoms with Gasteiger partial charge in [-0.1, -0.05) is 6.07 Å². The zero-order valence-electron chi connectivity index (χ0n) is 12.8. The molecule has 6 nitrogen and oxygen atoms in total. The van der Waals surface area contributed by atoms with Gasteiger partial charge in [0.25, 0.3) is 0 Å². The average Bonchev–Trinajstić information content (AvgIpc) is 2.99. The molecule has 2 aliphatic heterocycles. The van der Waals surface area contributed by atoms with Crippen LogP contribution in [0, 0.1) is 0 Å². The molecule has 0 spiro atoms. The Kier molecular flexibility index (Phi) is 5.23. The first-order chi connectivity index (χ1) is 11.1. The summed E-state index contributed by atoms with van der Waals surface area (Å²) in [6, 6.07) is 3.71. The largest absolute Gasteiger partial charge is 0.446 e. The van der Waals surface area contributed by atoms with Crippen molar-refractivity contribution in [3.8, 4) is 0 Å². The van der Waals surface area contributed by atoms with Crippen LogP contribution in [0.3, 0.4) is 0 Å². The predicted octanol–water partition coefficient (Wildman–Crippen LogP) is 2.23. The van der Waals surface area contributed by atoms with Gasteiger partial charge in [-0.15, -0.1) is 11.3 Å². The normalized spacial score (nSPS) is 25.7. The van der Waals surface area contributed by atoms with Crippen LogP contribution in [0.15, 0.2) is 17.5 Å². The Morgan fingerprint density at radius 1 is 1.26 bits per heavy atom. The molecule has 0 bridgehead atoms. The van der Waals surface area contributed by atoms with Gasteiger partial charge < -0.3 is 14.4 Å². The predicted molar refractivity (Wildman–Crippen MR) is 87.4 cm³/mol. The van der Waals surface area contributed by atoms with E-state index < -0.39 is 21.2 Å². The van der Waals surface area contributed by atoms with E-state index in [1.54, 1.807) is 0 Å². The zero-order valence-corrected chi connectivity index (χ0v) is 14.5. The van der Waals surface area contributed by atoms with E-state index in [0.29, 0.717) is 39.0 Å². The summed E-state index contributed by atoms with van der Waals surface area (Å²) in [4.78, 5) is 14.7. The number of carbonyl (C=O) groups excluding carboxylic acids is 1. The van der Waals surface area contributed by atoms with Gasteiger partial charge in [0, 0.05) is 30.8 Å². The number of hydrogen-bond acceptors (Lipinski definition) is 6.